The maximum absolute atomic E-state index is 13.4. The highest BCUT2D eigenvalue weighted by Crippen LogP contribution is 2.29. The minimum atomic E-state index is -0.583. The molecule has 0 bridgehead atoms. The van der Waals surface area contributed by atoms with Gasteiger partial charge in [-0.2, -0.15) is 0 Å². The average Bonchev–Trinajstić information content (AvgIpc) is 3.05. The molecule has 25 heavy (non-hydrogen) atoms. The molecule has 0 saturated carbocycles. The van der Waals surface area contributed by atoms with E-state index in [-0.39, 0.29) is 26.9 Å². The van der Waals surface area contributed by atoms with E-state index in [4.69, 9.17) is 23.8 Å². The topological polar surface area (TPSA) is 70.4 Å². The van der Waals surface area contributed by atoms with Crippen LogP contribution in [0.5, 0.6) is 5.88 Å². The summed E-state index contributed by atoms with van der Waals surface area (Å²) in [5, 5.41) is 11.7. The first-order valence-electron chi connectivity index (χ1n) is 7.19. The minimum Gasteiger partial charge on any atom is -0.493 e. The number of hydrogen-bond donors (Lipinski definition) is 2. The first-order valence-corrected chi connectivity index (χ1v) is 7.98. The zero-order chi connectivity index (χ0) is 17.7. The zero-order valence-electron chi connectivity index (χ0n) is 12.5. The highest BCUT2D eigenvalue weighted by molar-refractivity contribution is 7.71. The van der Waals surface area contributed by atoms with Gasteiger partial charge in [0.1, 0.15) is 11.5 Å². The lowest BCUT2D eigenvalue weighted by molar-refractivity contribution is -0.112. The number of amides is 1. The van der Waals surface area contributed by atoms with Gasteiger partial charge in [0.15, 0.2) is 4.77 Å². The molecule has 1 aliphatic rings. The third kappa shape index (κ3) is 2.40. The average molecular weight is 374 g/mol. The van der Waals surface area contributed by atoms with E-state index < -0.39 is 11.7 Å². The van der Waals surface area contributed by atoms with E-state index in [0.717, 1.165) is 0 Å². The van der Waals surface area contributed by atoms with Crippen molar-refractivity contribution >= 4 is 35.3 Å². The molecule has 0 atom stereocenters. The number of imidazole rings is 1. The van der Waals surface area contributed by atoms with Gasteiger partial charge in [-0.1, -0.05) is 29.8 Å². The molecule has 2 heterocycles. The van der Waals surface area contributed by atoms with Crippen LogP contribution in [0.2, 0.25) is 5.02 Å². The molecule has 0 aliphatic carbocycles. The van der Waals surface area contributed by atoms with Crippen molar-refractivity contribution in [1.82, 2.24) is 9.55 Å². The molecule has 0 unspecified atom stereocenters. The van der Waals surface area contributed by atoms with E-state index in [0.29, 0.717) is 16.3 Å². The Morgan fingerprint density at radius 3 is 2.76 bits per heavy atom. The molecule has 2 aromatic carbocycles. The van der Waals surface area contributed by atoms with Crippen molar-refractivity contribution < 1.29 is 14.3 Å². The van der Waals surface area contributed by atoms with Gasteiger partial charge in [0.05, 0.1) is 21.6 Å². The van der Waals surface area contributed by atoms with Gasteiger partial charge in [-0.3, -0.25) is 9.36 Å². The third-order valence-electron chi connectivity index (χ3n) is 3.89. The van der Waals surface area contributed by atoms with Crippen LogP contribution in [0.15, 0.2) is 47.5 Å². The van der Waals surface area contributed by atoms with Crippen molar-refractivity contribution in [3.05, 3.63) is 74.3 Å². The normalized spacial score (nSPS) is 13.0. The molecular formula is C17H9ClFN3O2S. The summed E-state index contributed by atoms with van der Waals surface area (Å²) in [6.45, 7) is 0. The van der Waals surface area contributed by atoms with Gasteiger partial charge >= 0.3 is 0 Å². The number of fused-ring (bicyclic) bond motifs is 1. The molecule has 4 rings (SSSR count). The second-order valence-corrected chi connectivity index (χ2v) is 6.17. The van der Waals surface area contributed by atoms with Crippen molar-refractivity contribution in [2.45, 2.75) is 0 Å². The minimum absolute atomic E-state index is 0.105. The number of halogens is 2. The molecule has 5 nitrogen and oxygen atoms in total. The number of nitrogens with zero attached hydrogens (tertiary/aromatic N) is 2. The summed E-state index contributed by atoms with van der Waals surface area (Å²) in [7, 11) is 0. The maximum atomic E-state index is 13.4. The van der Waals surface area contributed by atoms with Gasteiger partial charge in [-0.15, -0.1) is 0 Å². The lowest BCUT2D eigenvalue weighted by Crippen LogP contribution is -2.22. The van der Waals surface area contributed by atoms with Crippen LogP contribution < -0.4 is 10.6 Å². The van der Waals surface area contributed by atoms with Gasteiger partial charge in [0.2, 0.25) is 5.88 Å². The Labute approximate surface area is 150 Å². The molecule has 0 spiro atoms. The molecular weight excluding hydrogens is 365 g/mol. The van der Waals surface area contributed by atoms with E-state index in [2.05, 4.69) is 9.98 Å². The Morgan fingerprint density at radius 1 is 1.24 bits per heavy atom. The summed E-state index contributed by atoms with van der Waals surface area (Å²) in [5.74, 6) is -1.33. The van der Waals surface area contributed by atoms with Crippen LogP contribution in [0.4, 0.5) is 4.39 Å². The first kappa shape index (κ1) is 15.7. The van der Waals surface area contributed by atoms with Crippen LogP contribution in [0, 0.1) is 10.6 Å². The number of aromatic nitrogens is 2. The largest absolute Gasteiger partial charge is 0.493 e. The number of carbonyl (C=O) groups excluding carboxylic acids is 1. The fourth-order valence-electron chi connectivity index (χ4n) is 2.77. The van der Waals surface area contributed by atoms with E-state index in [9.17, 15) is 14.3 Å². The highest BCUT2D eigenvalue weighted by atomic mass is 35.5. The summed E-state index contributed by atoms with van der Waals surface area (Å²) in [6.07, 6.45) is 0. The lowest BCUT2D eigenvalue weighted by Gasteiger charge is -2.06. The van der Waals surface area contributed by atoms with Crippen molar-refractivity contribution in [3.8, 4) is 11.6 Å². The van der Waals surface area contributed by atoms with Crippen LogP contribution in [0.1, 0.15) is 5.69 Å². The van der Waals surface area contributed by atoms with E-state index in [1.54, 1.807) is 24.3 Å². The molecule has 2 N–H and O–H groups in total. The summed E-state index contributed by atoms with van der Waals surface area (Å²) >= 11 is 11.1. The first-order chi connectivity index (χ1) is 12.0. The Hall–Kier alpha value is -2.77. The molecule has 1 amide bonds. The van der Waals surface area contributed by atoms with Crippen LogP contribution >= 0.6 is 23.8 Å². The summed E-state index contributed by atoms with van der Waals surface area (Å²) in [6, 6.07) is 10.9. The highest BCUT2D eigenvalue weighted by Gasteiger charge is 2.25. The number of hydrogen-bond acceptors (Lipinski definition) is 3. The molecule has 3 aromatic rings. The number of rotatable bonds is 2. The lowest BCUT2D eigenvalue weighted by atomic mass is 10.1. The van der Waals surface area contributed by atoms with Crippen molar-refractivity contribution in [2.75, 3.05) is 0 Å². The van der Waals surface area contributed by atoms with E-state index in [1.807, 2.05) is 0 Å². The summed E-state index contributed by atoms with van der Waals surface area (Å²) in [5.41, 5.74) is 0.753. The maximum Gasteiger partial charge on any atom is 0.280 e. The fourth-order valence-corrected chi connectivity index (χ4v) is 3.24. The number of carbonyl (C=O) groups is 1. The Balaban J connectivity index is 1.99. The van der Waals surface area contributed by atoms with Gasteiger partial charge in [0, 0.05) is 5.22 Å². The van der Waals surface area contributed by atoms with Crippen LogP contribution in [0.3, 0.4) is 0 Å². The number of aromatic hydroxyl groups is 1. The smallest absolute Gasteiger partial charge is 0.280 e. The van der Waals surface area contributed by atoms with Crippen molar-refractivity contribution in [3.63, 3.8) is 0 Å². The monoisotopic (exact) mass is 373 g/mol. The van der Waals surface area contributed by atoms with Crippen molar-refractivity contribution in [2.24, 2.45) is 4.99 Å². The predicted octanol–water partition coefficient (Wildman–Crippen LogP) is 2.39. The van der Waals surface area contributed by atoms with Crippen LogP contribution in [-0.2, 0) is 4.79 Å². The van der Waals surface area contributed by atoms with E-state index >= 15 is 0 Å². The molecule has 0 radical (unpaired) electrons. The van der Waals surface area contributed by atoms with Gasteiger partial charge in [-0.25, -0.2) is 9.38 Å². The van der Waals surface area contributed by atoms with Gasteiger partial charge in [-0.05, 0) is 36.5 Å². The summed E-state index contributed by atoms with van der Waals surface area (Å²) in [4.78, 5) is 19.1. The number of aromatic amines is 1. The third-order valence-corrected chi connectivity index (χ3v) is 4.47. The second-order valence-electron chi connectivity index (χ2n) is 5.37. The molecule has 1 aromatic heterocycles. The predicted molar refractivity (Wildman–Crippen MR) is 92.3 cm³/mol. The number of nitrogens with one attached hydrogen (secondary N) is 1. The van der Waals surface area contributed by atoms with E-state index in [1.165, 1.54) is 22.8 Å². The van der Waals surface area contributed by atoms with Crippen molar-refractivity contribution in [1.29, 1.82) is 0 Å². The molecule has 0 saturated heterocycles. The number of H-pyrrole nitrogens is 1. The SMILES string of the molecule is O=C1N=c2ccccc2=C1c1[nH]c(=S)n(-c2ccc(F)c(Cl)c2)c1O. The molecule has 0 fully saturated rings. The van der Waals surface area contributed by atoms with Crippen LogP contribution in [0.25, 0.3) is 11.3 Å². The summed E-state index contributed by atoms with van der Waals surface area (Å²) < 4.78 is 14.8. The van der Waals surface area contributed by atoms with Gasteiger partial charge < -0.3 is 10.1 Å². The fraction of sp³-hybridized carbons (Fsp3) is 0. The van der Waals surface area contributed by atoms with Crippen LogP contribution in [-0.4, -0.2) is 20.6 Å². The quantitative estimate of drug-likeness (QED) is 0.678. The standard InChI is InChI=1S/C17H9ClFN3O2S/c18-10-7-8(5-6-11(10)19)22-16(24)14(21-17(22)25)13-9-3-1-2-4-12(9)20-15(13)23/h1-7,24H,(H,21,25). The zero-order valence-corrected chi connectivity index (χ0v) is 14.0. The Kier molecular flexibility index (Phi) is 3.55. The Bertz CT molecular complexity index is 1230. The molecule has 124 valence electrons. The Morgan fingerprint density at radius 2 is 2.00 bits per heavy atom. The number of benzene rings is 2. The second kappa shape index (κ2) is 5.65. The number of para-hydroxylation sites is 1. The van der Waals surface area contributed by atoms with Gasteiger partial charge in [0.25, 0.3) is 5.91 Å². The molecule has 1 aliphatic heterocycles. The molecule has 8 heteroatoms.